The van der Waals surface area contributed by atoms with Crippen LogP contribution < -0.4 is 4.90 Å². The quantitative estimate of drug-likeness (QED) is 0.811. The summed E-state index contributed by atoms with van der Waals surface area (Å²) >= 11 is 0. The zero-order chi connectivity index (χ0) is 12.7. The molecule has 1 aromatic rings. The van der Waals surface area contributed by atoms with Crippen LogP contribution in [-0.2, 0) is 4.79 Å². The fourth-order valence-corrected chi connectivity index (χ4v) is 3.14. The molecule has 1 N–H and O–H groups in total. The first-order valence-corrected chi connectivity index (χ1v) is 6.40. The number of aromatic hydroxyl groups is 1. The number of carbonyl (C=O) groups is 1. The van der Waals surface area contributed by atoms with E-state index in [1.807, 2.05) is 6.07 Å². The van der Waals surface area contributed by atoms with E-state index in [-0.39, 0.29) is 17.6 Å². The van der Waals surface area contributed by atoms with Crippen molar-refractivity contribution in [2.75, 3.05) is 11.9 Å². The van der Waals surface area contributed by atoms with Crippen LogP contribution in [0.5, 0.6) is 5.75 Å². The minimum Gasteiger partial charge on any atom is -0.508 e. The van der Waals surface area contributed by atoms with Gasteiger partial charge in [0.1, 0.15) is 5.75 Å². The van der Waals surface area contributed by atoms with Gasteiger partial charge in [0.15, 0.2) is 0 Å². The van der Waals surface area contributed by atoms with Crippen molar-refractivity contribution >= 4 is 11.6 Å². The van der Waals surface area contributed by atoms with E-state index in [1.54, 1.807) is 30.1 Å². The van der Waals surface area contributed by atoms with Crippen LogP contribution in [0.3, 0.4) is 0 Å². The number of amides is 1. The molecule has 0 aromatic heterocycles. The van der Waals surface area contributed by atoms with E-state index < -0.39 is 0 Å². The van der Waals surface area contributed by atoms with Crippen molar-refractivity contribution in [3.05, 3.63) is 36.4 Å². The highest BCUT2D eigenvalue weighted by molar-refractivity contribution is 5.95. The standard InChI is InChI=1S/C15H17NO2/c1-16(12-3-2-4-13(17)9-12)15(18)14-8-10-5-6-11(14)7-10/h2-6,9-11,14,17H,7-8H2,1H3. The van der Waals surface area contributed by atoms with Gasteiger partial charge < -0.3 is 10.0 Å². The fraction of sp³-hybridized carbons (Fsp3) is 0.400. The van der Waals surface area contributed by atoms with Crippen molar-refractivity contribution in [3.63, 3.8) is 0 Å². The minimum atomic E-state index is 0.118. The van der Waals surface area contributed by atoms with Gasteiger partial charge in [-0.15, -0.1) is 0 Å². The Kier molecular flexibility index (Phi) is 2.62. The van der Waals surface area contributed by atoms with Gasteiger partial charge >= 0.3 is 0 Å². The predicted octanol–water partition coefficient (Wildman–Crippen LogP) is 2.57. The van der Waals surface area contributed by atoms with Gasteiger partial charge in [-0.2, -0.15) is 0 Å². The van der Waals surface area contributed by atoms with Gasteiger partial charge in [0.2, 0.25) is 5.91 Å². The van der Waals surface area contributed by atoms with Gasteiger partial charge in [-0.1, -0.05) is 18.2 Å². The van der Waals surface area contributed by atoms with E-state index in [1.165, 1.54) is 0 Å². The van der Waals surface area contributed by atoms with Crippen LogP contribution in [0.25, 0.3) is 0 Å². The third kappa shape index (κ3) is 1.80. The van der Waals surface area contributed by atoms with Crippen LogP contribution in [0.4, 0.5) is 5.69 Å². The van der Waals surface area contributed by atoms with Crippen molar-refractivity contribution in [3.8, 4) is 5.75 Å². The number of phenols is 1. The lowest BCUT2D eigenvalue weighted by molar-refractivity contribution is -0.122. The average Bonchev–Trinajstić information content (AvgIpc) is 2.99. The molecule has 0 radical (unpaired) electrons. The van der Waals surface area contributed by atoms with E-state index in [0.29, 0.717) is 11.8 Å². The van der Waals surface area contributed by atoms with Crippen molar-refractivity contribution < 1.29 is 9.90 Å². The monoisotopic (exact) mass is 243 g/mol. The molecule has 0 saturated heterocycles. The first-order valence-electron chi connectivity index (χ1n) is 6.40. The second-order valence-corrected chi connectivity index (χ2v) is 5.30. The SMILES string of the molecule is CN(C(=O)C1CC2C=CC1C2)c1cccc(O)c1. The van der Waals surface area contributed by atoms with E-state index in [9.17, 15) is 9.90 Å². The predicted molar refractivity (Wildman–Crippen MR) is 70.4 cm³/mol. The highest BCUT2D eigenvalue weighted by atomic mass is 16.3. The smallest absolute Gasteiger partial charge is 0.230 e. The lowest BCUT2D eigenvalue weighted by Gasteiger charge is -2.24. The lowest BCUT2D eigenvalue weighted by atomic mass is 9.92. The number of nitrogens with zero attached hydrogens (tertiary/aromatic N) is 1. The summed E-state index contributed by atoms with van der Waals surface area (Å²) in [6, 6.07) is 6.85. The number of hydrogen-bond acceptors (Lipinski definition) is 2. The zero-order valence-electron chi connectivity index (χ0n) is 10.4. The Labute approximate surface area is 107 Å². The molecule has 1 amide bonds. The van der Waals surface area contributed by atoms with Crippen molar-refractivity contribution in [1.82, 2.24) is 0 Å². The van der Waals surface area contributed by atoms with Crippen LogP contribution in [0.15, 0.2) is 36.4 Å². The molecular formula is C15H17NO2. The molecule has 3 rings (SSSR count). The van der Waals surface area contributed by atoms with Crippen LogP contribution in [0.2, 0.25) is 0 Å². The number of carbonyl (C=O) groups excluding carboxylic acids is 1. The van der Waals surface area contributed by atoms with E-state index >= 15 is 0 Å². The van der Waals surface area contributed by atoms with Crippen molar-refractivity contribution in [2.45, 2.75) is 12.8 Å². The Balaban J connectivity index is 1.78. The van der Waals surface area contributed by atoms with Crippen LogP contribution in [-0.4, -0.2) is 18.1 Å². The molecular weight excluding hydrogens is 226 g/mol. The summed E-state index contributed by atoms with van der Waals surface area (Å²) in [4.78, 5) is 14.1. The number of allylic oxidation sites excluding steroid dienone is 2. The van der Waals surface area contributed by atoms with Crippen molar-refractivity contribution in [1.29, 1.82) is 0 Å². The summed E-state index contributed by atoms with van der Waals surface area (Å²) in [5, 5.41) is 9.47. The second kappa shape index (κ2) is 4.16. The molecule has 1 aromatic carbocycles. The molecule has 2 aliphatic rings. The Morgan fingerprint density at radius 1 is 1.33 bits per heavy atom. The third-order valence-electron chi connectivity index (χ3n) is 4.14. The molecule has 3 nitrogen and oxygen atoms in total. The first kappa shape index (κ1) is 11.3. The Hall–Kier alpha value is -1.77. The summed E-state index contributed by atoms with van der Waals surface area (Å²) in [6.07, 6.45) is 6.53. The maximum Gasteiger partial charge on any atom is 0.230 e. The number of fused-ring (bicyclic) bond motifs is 2. The summed E-state index contributed by atoms with van der Waals surface area (Å²) in [7, 11) is 1.78. The molecule has 2 aliphatic carbocycles. The average molecular weight is 243 g/mol. The third-order valence-corrected chi connectivity index (χ3v) is 4.14. The lowest BCUT2D eigenvalue weighted by Crippen LogP contribution is -2.34. The summed E-state index contributed by atoms with van der Waals surface area (Å²) in [5.41, 5.74) is 0.756. The van der Waals surface area contributed by atoms with Gasteiger partial charge in [0.25, 0.3) is 0 Å². The highest BCUT2D eigenvalue weighted by Gasteiger charge is 2.41. The number of hydrogen-bond donors (Lipinski definition) is 1. The minimum absolute atomic E-state index is 0.118. The van der Waals surface area contributed by atoms with Crippen LogP contribution in [0.1, 0.15) is 12.8 Å². The van der Waals surface area contributed by atoms with Gasteiger partial charge in [-0.05, 0) is 36.8 Å². The molecule has 2 bridgehead atoms. The summed E-state index contributed by atoms with van der Waals surface area (Å²) in [6.45, 7) is 0. The summed E-state index contributed by atoms with van der Waals surface area (Å²) in [5.74, 6) is 1.49. The molecule has 0 spiro atoms. The molecule has 94 valence electrons. The molecule has 1 fully saturated rings. The number of rotatable bonds is 2. The number of benzene rings is 1. The molecule has 3 heteroatoms. The maximum atomic E-state index is 12.5. The Morgan fingerprint density at radius 3 is 2.78 bits per heavy atom. The highest BCUT2D eigenvalue weighted by Crippen LogP contribution is 2.44. The van der Waals surface area contributed by atoms with Crippen LogP contribution in [0, 0.1) is 17.8 Å². The van der Waals surface area contributed by atoms with E-state index in [0.717, 1.165) is 18.5 Å². The van der Waals surface area contributed by atoms with Gasteiger partial charge in [-0.3, -0.25) is 4.79 Å². The summed E-state index contributed by atoms with van der Waals surface area (Å²) < 4.78 is 0. The molecule has 0 heterocycles. The molecule has 1 saturated carbocycles. The topological polar surface area (TPSA) is 40.5 Å². The van der Waals surface area contributed by atoms with Crippen molar-refractivity contribution in [2.24, 2.45) is 17.8 Å². The largest absolute Gasteiger partial charge is 0.508 e. The van der Waals surface area contributed by atoms with Gasteiger partial charge in [0, 0.05) is 24.7 Å². The van der Waals surface area contributed by atoms with Crippen LogP contribution >= 0.6 is 0 Å². The van der Waals surface area contributed by atoms with E-state index in [4.69, 9.17) is 0 Å². The number of anilines is 1. The first-order chi connectivity index (χ1) is 8.65. The number of phenolic OH excluding ortho intramolecular Hbond substituents is 1. The van der Waals surface area contributed by atoms with Gasteiger partial charge in [-0.25, -0.2) is 0 Å². The molecule has 0 aliphatic heterocycles. The Morgan fingerprint density at radius 2 is 2.17 bits per heavy atom. The second-order valence-electron chi connectivity index (χ2n) is 5.30. The molecule has 3 unspecified atom stereocenters. The molecule has 18 heavy (non-hydrogen) atoms. The Bertz CT molecular complexity index is 509. The van der Waals surface area contributed by atoms with Gasteiger partial charge in [0.05, 0.1) is 0 Å². The van der Waals surface area contributed by atoms with E-state index in [2.05, 4.69) is 12.2 Å². The fourth-order valence-electron chi connectivity index (χ4n) is 3.14. The zero-order valence-corrected chi connectivity index (χ0v) is 10.4. The molecule has 3 atom stereocenters. The maximum absolute atomic E-state index is 12.5. The normalized spacial score (nSPS) is 28.6.